The van der Waals surface area contributed by atoms with Crippen LogP contribution < -0.4 is 0 Å². The number of alkyl halides is 1. The molecule has 0 saturated carbocycles. The van der Waals surface area contributed by atoms with Crippen LogP contribution in [-0.4, -0.2) is 53.6 Å². The maximum Gasteiger partial charge on any atom is 0.250 e. The van der Waals surface area contributed by atoms with Gasteiger partial charge in [0, 0.05) is 19.6 Å². The van der Waals surface area contributed by atoms with E-state index in [4.69, 9.17) is 4.74 Å². The van der Waals surface area contributed by atoms with E-state index >= 15 is 0 Å². The van der Waals surface area contributed by atoms with Crippen molar-refractivity contribution in [2.24, 2.45) is 0 Å². The topological polar surface area (TPSA) is 32.8 Å². The lowest BCUT2D eigenvalue weighted by Gasteiger charge is -2.34. The minimum atomic E-state index is 0.0235. The number of halogens is 1. The number of amides is 1. The molecular formula is C8H13BrN2O2. The first kappa shape index (κ1) is 9.43. The van der Waals surface area contributed by atoms with Gasteiger partial charge in [0.1, 0.15) is 0 Å². The second kappa shape index (κ2) is 3.94. The molecule has 0 aliphatic carbocycles. The third kappa shape index (κ3) is 1.87. The molecule has 0 radical (unpaired) electrons. The number of hydrazine groups is 1. The van der Waals surface area contributed by atoms with Crippen LogP contribution >= 0.6 is 15.9 Å². The molecule has 2 fully saturated rings. The van der Waals surface area contributed by atoms with E-state index in [0.717, 1.165) is 39.3 Å². The summed E-state index contributed by atoms with van der Waals surface area (Å²) in [4.78, 5) is 11.6. The predicted octanol–water partition coefficient (Wildman–Crippen LogP) is 0.229. The van der Waals surface area contributed by atoms with Gasteiger partial charge in [-0.25, -0.2) is 5.01 Å². The Kier molecular flexibility index (Phi) is 2.86. The molecule has 0 aromatic carbocycles. The van der Waals surface area contributed by atoms with Crippen molar-refractivity contribution in [3.63, 3.8) is 0 Å². The molecule has 0 aromatic heterocycles. The fourth-order valence-corrected chi connectivity index (χ4v) is 2.15. The van der Waals surface area contributed by atoms with Crippen LogP contribution in [0.3, 0.4) is 0 Å². The third-order valence-electron chi connectivity index (χ3n) is 2.45. The molecule has 74 valence electrons. The summed E-state index contributed by atoms with van der Waals surface area (Å²) in [5.74, 6) is 0.196. The van der Waals surface area contributed by atoms with Crippen LogP contribution in [0.4, 0.5) is 0 Å². The average Bonchev–Trinajstić information content (AvgIpc) is 2.49. The number of rotatable bonds is 1. The molecule has 13 heavy (non-hydrogen) atoms. The maximum atomic E-state index is 11.6. The number of hydrogen-bond donors (Lipinski definition) is 0. The second-order valence-electron chi connectivity index (χ2n) is 3.28. The molecule has 4 nitrogen and oxygen atoms in total. The summed E-state index contributed by atoms with van der Waals surface area (Å²) >= 11 is 3.36. The average molecular weight is 249 g/mol. The molecule has 2 rings (SSSR count). The lowest BCUT2D eigenvalue weighted by molar-refractivity contribution is -0.149. The molecule has 0 bridgehead atoms. The van der Waals surface area contributed by atoms with Gasteiger partial charge in [0.15, 0.2) is 0 Å². The van der Waals surface area contributed by atoms with Crippen molar-refractivity contribution in [2.45, 2.75) is 11.2 Å². The minimum absolute atomic E-state index is 0.0235. The van der Waals surface area contributed by atoms with Crippen molar-refractivity contribution in [1.29, 1.82) is 0 Å². The summed E-state index contributed by atoms with van der Waals surface area (Å²) in [5.41, 5.74) is 0. The highest BCUT2D eigenvalue weighted by atomic mass is 79.9. The number of carbonyl (C=O) groups is 1. The Bertz CT molecular complexity index is 206. The highest BCUT2D eigenvalue weighted by molar-refractivity contribution is 9.10. The van der Waals surface area contributed by atoms with E-state index < -0.39 is 0 Å². The second-order valence-corrected chi connectivity index (χ2v) is 4.39. The lowest BCUT2D eigenvalue weighted by Crippen LogP contribution is -2.49. The van der Waals surface area contributed by atoms with Crippen molar-refractivity contribution in [3.05, 3.63) is 0 Å². The summed E-state index contributed by atoms with van der Waals surface area (Å²) in [5, 5.41) is 3.94. The minimum Gasteiger partial charge on any atom is -0.379 e. The van der Waals surface area contributed by atoms with Gasteiger partial charge in [0.25, 0.3) is 5.91 Å². The monoisotopic (exact) mass is 248 g/mol. The third-order valence-corrected chi connectivity index (χ3v) is 3.30. The standard InChI is InChI=1S/C8H13BrN2O2/c9-7-1-2-11(8(7)12)10-3-5-13-6-4-10/h7H,1-6H2/t7-/m0/s1. The quantitative estimate of drug-likeness (QED) is 0.624. The van der Waals surface area contributed by atoms with Crippen molar-refractivity contribution < 1.29 is 9.53 Å². The maximum absolute atomic E-state index is 11.6. The van der Waals surface area contributed by atoms with E-state index in [9.17, 15) is 4.79 Å². The Balaban J connectivity index is 1.96. The van der Waals surface area contributed by atoms with Crippen LogP contribution in [0.5, 0.6) is 0 Å². The van der Waals surface area contributed by atoms with Crippen molar-refractivity contribution >= 4 is 21.8 Å². The summed E-state index contributed by atoms with van der Waals surface area (Å²) in [6.45, 7) is 3.99. The number of morpholine rings is 1. The van der Waals surface area contributed by atoms with Crippen LogP contribution in [0.1, 0.15) is 6.42 Å². The highest BCUT2D eigenvalue weighted by Crippen LogP contribution is 2.20. The largest absolute Gasteiger partial charge is 0.379 e. The Morgan fingerprint density at radius 1 is 1.31 bits per heavy atom. The van der Waals surface area contributed by atoms with E-state index in [1.54, 1.807) is 0 Å². The van der Waals surface area contributed by atoms with Gasteiger partial charge in [0.2, 0.25) is 0 Å². The van der Waals surface area contributed by atoms with E-state index in [-0.39, 0.29) is 10.7 Å². The number of carbonyl (C=O) groups excluding carboxylic acids is 1. The van der Waals surface area contributed by atoms with E-state index in [1.165, 1.54) is 0 Å². The predicted molar refractivity (Wildman–Crippen MR) is 51.4 cm³/mol. The summed E-state index contributed by atoms with van der Waals surface area (Å²) in [7, 11) is 0. The van der Waals surface area contributed by atoms with Gasteiger partial charge >= 0.3 is 0 Å². The van der Waals surface area contributed by atoms with Gasteiger partial charge in [-0.3, -0.25) is 9.80 Å². The molecule has 2 heterocycles. The molecule has 0 aromatic rings. The van der Waals surface area contributed by atoms with E-state index in [0.29, 0.717) is 0 Å². The summed E-state index contributed by atoms with van der Waals surface area (Å²) < 4.78 is 5.23. The van der Waals surface area contributed by atoms with Crippen LogP contribution in [0.25, 0.3) is 0 Å². The summed E-state index contributed by atoms with van der Waals surface area (Å²) in [6.07, 6.45) is 0.913. The Labute approximate surface area is 85.9 Å². The Morgan fingerprint density at radius 3 is 2.54 bits per heavy atom. The smallest absolute Gasteiger partial charge is 0.250 e. The van der Waals surface area contributed by atoms with Gasteiger partial charge in [-0.05, 0) is 6.42 Å². The summed E-state index contributed by atoms with van der Waals surface area (Å²) in [6, 6.07) is 0. The molecule has 0 spiro atoms. The Hall–Kier alpha value is -0.130. The first-order chi connectivity index (χ1) is 6.29. The molecule has 0 unspecified atom stereocenters. The zero-order chi connectivity index (χ0) is 9.26. The first-order valence-corrected chi connectivity index (χ1v) is 5.48. The molecule has 5 heteroatoms. The van der Waals surface area contributed by atoms with E-state index in [1.807, 2.05) is 5.01 Å². The van der Waals surface area contributed by atoms with Crippen molar-refractivity contribution in [2.75, 3.05) is 32.8 Å². The van der Waals surface area contributed by atoms with Crippen LogP contribution in [0.15, 0.2) is 0 Å². The zero-order valence-electron chi connectivity index (χ0n) is 7.41. The first-order valence-electron chi connectivity index (χ1n) is 4.57. The van der Waals surface area contributed by atoms with Gasteiger partial charge in [-0.1, -0.05) is 15.9 Å². The van der Waals surface area contributed by atoms with Crippen LogP contribution in [0.2, 0.25) is 0 Å². The van der Waals surface area contributed by atoms with Crippen molar-refractivity contribution in [1.82, 2.24) is 10.0 Å². The SMILES string of the molecule is O=C1[C@@H](Br)CCN1N1CCOCC1. The van der Waals surface area contributed by atoms with Gasteiger partial charge < -0.3 is 4.74 Å². The van der Waals surface area contributed by atoms with Gasteiger partial charge in [-0.15, -0.1) is 0 Å². The van der Waals surface area contributed by atoms with Gasteiger partial charge in [-0.2, -0.15) is 0 Å². The highest BCUT2D eigenvalue weighted by Gasteiger charge is 2.33. The Morgan fingerprint density at radius 2 is 2.00 bits per heavy atom. The lowest BCUT2D eigenvalue weighted by atomic mass is 10.4. The van der Waals surface area contributed by atoms with Crippen molar-refractivity contribution in [3.8, 4) is 0 Å². The van der Waals surface area contributed by atoms with Crippen LogP contribution in [-0.2, 0) is 9.53 Å². The van der Waals surface area contributed by atoms with Crippen LogP contribution in [0, 0.1) is 0 Å². The van der Waals surface area contributed by atoms with E-state index in [2.05, 4.69) is 20.9 Å². The fourth-order valence-electron chi connectivity index (χ4n) is 1.71. The molecule has 0 N–H and O–H groups in total. The molecule has 2 aliphatic rings. The zero-order valence-corrected chi connectivity index (χ0v) is 8.99. The molecular weight excluding hydrogens is 236 g/mol. The molecule has 1 amide bonds. The molecule has 1 atom stereocenters. The van der Waals surface area contributed by atoms with Gasteiger partial charge in [0.05, 0.1) is 18.0 Å². The molecule has 2 aliphatic heterocycles. The number of hydrogen-bond acceptors (Lipinski definition) is 3. The number of ether oxygens (including phenoxy) is 1. The normalized spacial score (nSPS) is 31.3. The number of nitrogens with zero attached hydrogens (tertiary/aromatic N) is 2. The fraction of sp³-hybridized carbons (Fsp3) is 0.875. The molecule has 2 saturated heterocycles.